The van der Waals surface area contributed by atoms with E-state index in [0.29, 0.717) is 11.3 Å². The monoisotopic (exact) mass is 297 g/mol. The van der Waals surface area contributed by atoms with Gasteiger partial charge in [-0.1, -0.05) is 6.07 Å². The fourth-order valence-corrected chi connectivity index (χ4v) is 2.94. The van der Waals surface area contributed by atoms with Crippen LogP contribution in [0.4, 0.5) is 10.1 Å². The molecule has 0 aliphatic heterocycles. The van der Waals surface area contributed by atoms with Gasteiger partial charge in [0.05, 0.1) is 5.69 Å². The van der Waals surface area contributed by atoms with E-state index in [1.165, 1.54) is 24.4 Å². The summed E-state index contributed by atoms with van der Waals surface area (Å²) in [4.78, 5) is 0.0985. The Balaban J connectivity index is 2.32. The summed E-state index contributed by atoms with van der Waals surface area (Å²) in [6, 6.07) is 5.68. The minimum atomic E-state index is -3.75. The van der Waals surface area contributed by atoms with E-state index in [-0.39, 0.29) is 17.1 Å². The number of rotatable bonds is 4. The average Bonchev–Trinajstić information content (AvgIpc) is 2.76. The third kappa shape index (κ3) is 2.83. The highest BCUT2D eigenvalue weighted by Gasteiger charge is 2.17. The second kappa shape index (κ2) is 5.26. The summed E-state index contributed by atoms with van der Waals surface area (Å²) in [6.07, 6.45) is 1.47. The lowest BCUT2D eigenvalue weighted by atomic mass is 10.2. The van der Waals surface area contributed by atoms with Gasteiger partial charge in [-0.2, -0.15) is 0 Å². The number of benzene rings is 1. The van der Waals surface area contributed by atoms with Crippen molar-refractivity contribution in [2.45, 2.75) is 18.4 Å². The first-order chi connectivity index (χ1) is 9.33. The van der Waals surface area contributed by atoms with Crippen LogP contribution in [0, 0.1) is 12.7 Å². The van der Waals surface area contributed by atoms with Crippen molar-refractivity contribution in [1.29, 1.82) is 0 Å². The number of aromatic nitrogens is 1. The van der Waals surface area contributed by atoms with Crippen LogP contribution in [0.1, 0.15) is 11.3 Å². The molecule has 1 aromatic carbocycles. The third-order valence-corrected chi connectivity index (χ3v) is 4.37. The SMILES string of the molecule is Cc1ccc(NS(=O)(=O)c2cc(CN)n(C)c2)cc1F. The van der Waals surface area contributed by atoms with Crippen LogP contribution in [0.25, 0.3) is 0 Å². The molecule has 0 spiro atoms. The topological polar surface area (TPSA) is 77.1 Å². The Hall–Kier alpha value is -1.86. The first kappa shape index (κ1) is 14.5. The fraction of sp³-hybridized carbons (Fsp3) is 0.231. The molecule has 0 fully saturated rings. The number of hydrogen-bond donors (Lipinski definition) is 2. The maximum atomic E-state index is 13.4. The predicted molar refractivity (Wildman–Crippen MR) is 75.2 cm³/mol. The number of nitrogens with two attached hydrogens (primary N) is 1. The van der Waals surface area contributed by atoms with Crippen molar-refractivity contribution in [1.82, 2.24) is 4.57 Å². The normalized spacial score (nSPS) is 11.6. The Kier molecular flexibility index (Phi) is 3.82. The Morgan fingerprint density at radius 1 is 1.35 bits per heavy atom. The molecule has 0 atom stereocenters. The Bertz CT molecular complexity index is 738. The summed E-state index contributed by atoms with van der Waals surface area (Å²) < 4.78 is 41.8. The van der Waals surface area contributed by atoms with Gasteiger partial charge in [-0.25, -0.2) is 12.8 Å². The van der Waals surface area contributed by atoms with E-state index in [9.17, 15) is 12.8 Å². The Labute approximate surface area is 117 Å². The summed E-state index contributed by atoms with van der Waals surface area (Å²) in [5.74, 6) is -0.457. The predicted octanol–water partition coefficient (Wildman–Crippen LogP) is 1.73. The van der Waals surface area contributed by atoms with Crippen molar-refractivity contribution >= 4 is 15.7 Å². The van der Waals surface area contributed by atoms with Gasteiger partial charge in [0.25, 0.3) is 10.0 Å². The molecule has 2 aromatic rings. The second-order valence-corrected chi connectivity index (χ2v) is 6.23. The maximum Gasteiger partial charge on any atom is 0.263 e. The molecule has 0 radical (unpaired) electrons. The molecule has 5 nitrogen and oxygen atoms in total. The fourth-order valence-electron chi connectivity index (χ4n) is 1.80. The Morgan fingerprint density at radius 2 is 2.05 bits per heavy atom. The molecule has 2 rings (SSSR count). The van der Waals surface area contributed by atoms with Crippen molar-refractivity contribution < 1.29 is 12.8 Å². The van der Waals surface area contributed by atoms with E-state index in [4.69, 9.17) is 5.73 Å². The molecule has 0 aliphatic carbocycles. The zero-order valence-electron chi connectivity index (χ0n) is 11.2. The van der Waals surface area contributed by atoms with Crippen molar-refractivity contribution in [3.05, 3.63) is 47.5 Å². The molecular weight excluding hydrogens is 281 g/mol. The minimum absolute atomic E-state index is 0.0985. The number of sulfonamides is 1. The third-order valence-electron chi connectivity index (χ3n) is 3.03. The smallest absolute Gasteiger partial charge is 0.263 e. The molecule has 108 valence electrons. The Morgan fingerprint density at radius 3 is 2.60 bits per heavy atom. The van der Waals surface area contributed by atoms with Gasteiger partial charge in [-0.15, -0.1) is 0 Å². The van der Waals surface area contributed by atoms with Crippen LogP contribution in [0.3, 0.4) is 0 Å². The molecule has 0 unspecified atom stereocenters. The minimum Gasteiger partial charge on any atom is -0.352 e. The number of nitrogens with one attached hydrogen (secondary N) is 1. The molecule has 0 aliphatic rings. The number of anilines is 1. The average molecular weight is 297 g/mol. The summed E-state index contributed by atoms with van der Waals surface area (Å²) in [5, 5.41) is 0. The lowest BCUT2D eigenvalue weighted by molar-refractivity contribution is 0.600. The van der Waals surface area contributed by atoms with Gasteiger partial charge in [0, 0.05) is 25.5 Å². The quantitative estimate of drug-likeness (QED) is 0.902. The van der Waals surface area contributed by atoms with Gasteiger partial charge in [0.1, 0.15) is 10.7 Å². The molecule has 0 bridgehead atoms. The van der Waals surface area contributed by atoms with Gasteiger partial charge in [0.2, 0.25) is 0 Å². The standard InChI is InChI=1S/C13H16FN3O2S/c1-9-3-4-10(5-13(9)14)16-20(18,19)12-6-11(7-15)17(2)8-12/h3-6,8,16H,7,15H2,1-2H3. The van der Waals surface area contributed by atoms with E-state index in [0.717, 1.165) is 6.07 Å². The molecular formula is C13H16FN3O2S. The van der Waals surface area contributed by atoms with Crippen LogP contribution in [0.15, 0.2) is 35.4 Å². The second-order valence-electron chi connectivity index (χ2n) is 4.55. The number of hydrogen-bond acceptors (Lipinski definition) is 3. The van der Waals surface area contributed by atoms with E-state index in [2.05, 4.69) is 4.72 Å². The van der Waals surface area contributed by atoms with E-state index in [1.54, 1.807) is 18.5 Å². The molecule has 7 heteroatoms. The lowest BCUT2D eigenvalue weighted by Gasteiger charge is -2.07. The van der Waals surface area contributed by atoms with E-state index in [1.807, 2.05) is 0 Å². The van der Waals surface area contributed by atoms with E-state index >= 15 is 0 Å². The van der Waals surface area contributed by atoms with Gasteiger partial charge in [0.15, 0.2) is 0 Å². The summed E-state index contributed by atoms with van der Waals surface area (Å²) in [7, 11) is -2.03. The zero-order valence-corrected chi connectivity index (χ0v) is 12.0. The molecule has 1 aromatic heterocycles. The van der Waals surface area contributed by atoms with Gasteiger partial charge < -0.3 is 10.3 Å². The molecule has 3 N–H and O–H groups in total. The number of nitrogens with zero attached hydrogens (tertiary/aromatic N) is 1. The van der Waals surface area contributed by atoms with Crippen LogP contribution >= 0.6 is 0 Å². The molecule has 1 heterocycles. The highest BCUT2D eigenvalue weighted by molar-refractivity contribution is 7.92. The highest BCUT2D eigenvalue weighted by Crippen LogP contribution is 2.20. The van der Waals surface area contributed by atoms with E-state index < -0.39 is 15.8 Å². The van der Waals surface area contributed by atoms with Crippen molar-refractivity contribution in [2.24, 2.45) is 12.8 Å². The van der Waals surface area contributed by atoms with Crippen LogP contribution in [-0.2, 0) is 23.6 Å². The number of halogens is 1. The molecule has 0 amide bonds. The van der Waals surface area contributed by atoms with Gasteiger partial charge in [-0.3, -0.25) is 4.72 Å². The molecule has 20 heavy (non-hydrogen) atoms. The van der Waals surface area contributed by atoms with Crippen molar-refractivity contribution in [3.8, 4) is 0 Å². The highest BCUT2D eigenvalue weighted by atomic mass is 32.2. The first-order valence-electron chi connectivity index (χ1n) is 5.98. The van der Waals surface area contributed by atoms with Crippen LogP contribution in [-0.4, -0.2) is 13.0 Å². The lowest BCUT2D eigenvalue weighted by Crippen LogP contribution is -2.12. The van der Waals surface area contributed by atoms with Gasteiger partial charge in [-0.05, 0) is 30.7 Å². The molecule has 0 saturated carbocycles. The van der Waals surface area contributed by atoms with Gasteiger partial charge >= 0.3 is 0 Å². The van der Waals surface area contributed by atoms with Crippen molar-refractivity contribution in [2.75, 3.05) is 4.72 Å². The summed E-state index contributed by atoms with van der Waals surface area (Å²) in [6.45, 7) is 1.85. The zero-order chi connectivity index (χ0) is 14.9. The summed E-state index contributed by atoms with van der Waals surface area (Å²) in [5.41, 5.74) is 6.85. The van der Waals surface area contributed by atoms with Crippen LogP contribution in [0.2, 0.25) is 0 Å². The summed E-state index contributed by atoms with van der Waals surface area (Å²) >= 11 is 0. The van der Waals surface area contributed by atoms with Crippen LogP contribution < -0.4 is 10.5 Å². The molecule has 0 saturated heterocycles. The van der Waals surface area contributed by atoms with Crippen molar-refractivity contribution in [3.63, 3.8) is 0 Å². The van der Waals surface area contributed by atoms with Crippen LogP contribution in [0.5, 0.6) is 0 Å². The largest absolute Gasteiger partial charge is 0.352 e. The maximum absolute atomic E-state index is 13.4. The first-order valence-corrected chi connectivity index (χ1v) is 7.46. The number of aryl methyl sites for hydroxylation is 2.